The molecule has 0 amide bonds. The van der Waals surface area contributed by atoms with E-state index in [2.05, 4.69) is 16.0 Å². The third-order valence-electron chi connectivity index (χ3n) is 3.29. The van der Waals surface area contributed by atoms with Crippen molar-refractivity contribution < 1.29 is 14.6 Å². The van der Waals surface area contributed by atoms with Crippen LogP contribution in [0.1, 0.15) is 30.8 Å². The van der Waals surface area contributed by atoms with Crippen molar-refractivity contribution in [3.05, 3.63) is 42.2 Å². The van der Waals surface area contributed by atoms with Gasteiger partial charge in [-0.3, -0.25) is 0 Å². The SMILES string of the molecule is CC(C)(C#N)CCOc1ccccc1-c1nccc(C(=O)O)n1. The molecular weight excluding hydrogens is 294 g/mol. The Morgan fingerprint density at radius 3 is 2.78 bits per heavy atom. The van der Waals surface area contributed by atoms with Gasteiger partial charge in [-0.05, 0) is 38.5 Å². The van der Waals surface area contributed by atoms with E-state index in [1.54, 1.807) is 18.2 Å². The van der Waals surface area contributed by atoms with Gasteiger partial charge in [0.05, 0.1) is 23.7 Å². The number of aromatic nitrogens is 2. The van der Waals surface area contributed by atoms with Crippen LogP contribution < -0.4 is 4.74 Å². The Hall–Kier alpha value is -2.94. The maximum atomic E-state index is 11.0. The maximum absolute atomic E-state index is 11.0. The fraction of sp³-hybridized carbons (Fsp3) is 0.294. The minimum Gasteiger partial charge on any atom is -0.493 e. The van der Waals surface area contributed by atoms with Gasteiger partial charge in [0.25, 0.3) is 0 Å². The molecule has 1 N–H and O–H groups in total. The van der Waals surface area contributed by atoms with Crippen molar-refractivity contribution in [2.75, 3.05) is 6.61 Å². The van der Waals surface area contributed by atoms with E-state index in [1.807, 2.05) is 19.9 Å². The van der Waals surface area contributed by atoms with E-state index in [9.17, 15) is 4.79 Å². The molecule has 0 radical (unpaired) electrons. The normalized spacial score (nSPS) is 10.8. The summed E-state index contributed by atoms with van der Waals surface area (Å²) in [5, 5.41) is 18.1. The molecule has 0 saturated carbocycles. The second-order valence-corrected chi connectivity index (χ2v) is 5.66. The molecule has 2 rings (SSSR count). The summed E-state index contributed by atoms with van der Waals surface area (Å²) >= 11 is 0. The van der Waals surface area contributed by atoms with Gasteiger partial charge in [0.1, 0.15) is 5.75 Å². The highest BCUT2D eigenvalue weighted by molar-refractivity contribution is 5.85. The topological polar surface area (TPSA) is 96.1 Å². The molecule has 0 atom stereocenters. The van der Waals surface area contributed by atoms with Gasteiger partial charge in [-0.2, -0.15) is 5.26 Å². The van der Waals surface area contributed by atoms with Crippen LogP contribution in [-0.2, 0) is 0 Å². The Balaban J connectivity index is 2.23. The highest BCUT2D eigenvalue weighted by Crippen LogP contribution is 2.28. The van der Waals surface area contributed by atoms with Gasteiger partial charge in [0.2, 0.25) is 0 Å². The van der Waals surface area contributed by atoms with Crippen LogP contribution in [0.4, 0.5) is 0 Å². The Morgan fingerprint density at radius 2 is 2.09 bits per heavy atom. The number of rotatable bonds is 6. The van der Waals surface area contributed by atoms with Crippen molar-refractivity contribution in [2.45, 2.75) is 20.3 Å². The average Bonchev–Trinajstić information content (AvgIpc) is 2.55. The Labute approximate surface area is 134 Å². The summed E-state index contributed by atoms with van der Waals surface area (Å²) in [6.45, 7) is 4.07. The summed E-state index contributed by atoms with van der Waals surface area (Å²) < 4.78 is 5.75. The molecule has 6 nitrogen and oxygen atoms in total. The molecule has 1 aromatic heterocycles. The highest BCUT2D eigenvalue weighted by atomic mass is 16.5. The molecule has 6 heteroatoms. The molecule has 0 spiro atoms. The summed E-state index contributed by atoms with van der Waals surface area (Å²) in [7, 11) is 0. The molecule has 1 aromatic carbocycles. The number of nitriles is 1. The van der Waals surface area contributed by atoms with Crippen molar-refractivity contribution in [1.82, 2.24) is 9.97 Å². The number of benzene rings is 1. The van der Waals surface area contributed by atoms with Gasteiger partial charge in [-0.15, -0.1) is 0 Å². The number of carboxylic acid groups (broad SMARTS) is 1. The lowest BCUT2D eigenvalue weighted by atomic mass is 9.92. The molecule has 2 aromatic rings. The van der Waals surface area contributed by atoms with Crippen molar-refractivity contribution in [1.29, 1.82) is 5.26 Å². The zero-order chi connectivity index (χ0) is 16.9. The minimum atomic E-state index is -1.11. The molecule has 0 unspecified atom stereocenters. The van der Waals surface area contributed by atoms with Gasteiger partial charge in [0, 0.05) is 6.20 Å². The number of nitrogens with zero attached hydrogens (tertiary/aromatic N) is 3. The summed E-state index contributed by atoms with van der Waals surface area (Å²) in [5.41, 5.74) is 0.0788. The maximum Gasteiger partial charge on any atom is 0.354 e. The second kappa shape index (κ2) is 6.88. The number of carbonyl (C=O) groups is 1. The number of para-hydroxylation sites is 1. The summed E-state index contributed by atoms with van der Waals surface area (Å²) in [6.07, 6.45) is 1.98. The molecule has 0 aliphatic carbocycles. The van der Waals surface area contributed by atoms with Crippen LogP contribution in [-0.4, -0.2) is 27.7 Å². The van der Waals surface area contributed by atoms with Gasteiger partial charge < -0.3 is 9.84 Å². The zero-order valence-corrected chi connectivity index (χ0v) is 13.0. The van der Waals surface area contributed by atoms with Crippen LogP contribution in [0.5, 0.6) is 5.75 Å². The van der Waals surface area contributed by atoms with Crippen molar-refractivity contribution in [3.8, 4) is 23.2 Å². The molecule has 0 aliphatic heterocycles. The second-order valence-electron chi connectivity index (χ2n) is 5.66. The van der Waals surface area contributed by atoms with Gasteiger partial charge in [-0.25, -0.2) is 14.8 Å². The van der Waals surface area contributed by atoms with E-state index in [0.717, 1.165) is 0 Å². The molecular formula is C17H17N3O3. The molecule has 0 saturated heterocycles. The van der Waals surface area contributed by atoms with Crippen LogP contribution in [0.15, 0.2) is 36.5 Å². The van der Waals surface area contributed by atoms with Crippen LogP contribution in [0.25, 0.3) is 11.4 Å². The first-order chi connectivity index (χ1) is 10.9. The minimum absolute atomic E-state index is 0.0737. The van der Waals surface area contributed by atoms with E-state index >= 15 is 0 Å². The lowest BCUT2D eigenvalue weighted by Gasteiger charge is -2.16. The molecule has 23 heavy (non-hydrogen) atoms. The first-order valence-electron chi connectivity index (χ1n) is 7.13. The standard InChI is InChI=1S/C17H17N3O3/c1-17(2,11-18)8-10-23-14-6-4-3-5-12(14)15-19-9-7-13(20-15)16(21)22/h3-7,9H,8,10H2,1-2H3,(H,21,22). The number of hydrogen-bond acceptors (Lipinski definition) is 5. The first kappa shape index (κ1) is 16.4. The van der Waals surface area contributed by atoms with Crippen molar-refractivity contribution in [3.63, 3.8) is 0 Å². The Morgan fingerprint density at radius 1 is 1.35 bits per heavy atom. The van der Waals surface area contributed by atoms with Crippen molar-refractivity contribution in [2.24, 2.45) is 5.41 Å². The third-order valence-corrected chi connectivity index (χ3v) is 3.29. The molecule has 0 bridgehead atoms. The lowest BCUT2D eigenvalue weighted by Crippen LogP contribution is -2.13. The van der Waals surface area contributed by atoms with Gasteiger partial charge in [0.15, 0.2) is 11.5 Å². The Bertz CT molecular complexity index is 751. The fourth-order valence-corrected chi connectivity index (χ4v) is 1.86. The van der Waals surface area contributed by atoms with Crippen LogP contribution in [0.2, 0.25) is 0 Å². The lowest BCUT2D eigenvalue weighted by molar-refractivity contribution is 0.0690. The monoisotopic (exact) mass is 311 g/mol. The third kappa shape index (κ3) is 4.27. The number of aromatic carboxylic acids is 1. The van der Waals surface area contributed by atoms with Crippen LogP contribution >= 0.6 is 0 Å². The molecule has 0 fully saturated rings. The van der Waals surface area contributed by atoms with Crippen LogP contribution in [0, 0.1) is 16.7 Å². The molecule has 118 valence electrons. The van der Waals surface area contributed by atoms with Gasteiger partial charge in [-0.1, -0.05) is 12.1 Å². The fourth-order valence-electron chi connectivity index (χ4n) is 1.86. The van der Waals surface area contributed by atoms with Crippen LogP contribution in [0.3, 0.4) is 0 Å². The summed E-state index contributed by atoms with van der Waals surface area (Å²) in [5.74, 6) is -0.258. The highest BCUT2D eigenvalue weighted by Gasteiger charge is 2.17. The quantitative estimate of drug-likeness (QED) is 0.880. The molecule has 1 heterocycles. The number of hydrogen-bond donors (Lipinski definition) is 1. The van der Waals surface area contributed by atoms with E-state index in [1.165, 1.54) is 12.3 Å². The van der Waals surface area contributed by atoms with E-state index < -0.39 is 11.4 Å². The predicted molar refractivity (Wildman–Crippen MR) is 83.9 cm³/mol. The summed E-state index contributed by atoms with van der Waals surface area (Å²) in [6, 6.07) is 10.7. The van der Waals surface area contributed by atoms with Crippen molar-refractivity contribution >= 4 is 5.97 Å². The largest absolute Gasteiger partial charge is 0.493 e. The molecule has 0 aliphatic rings. The number of ether oxygens (including phenoxy) is 1. The zero-order valence-electron chi connectivity index (χ0n) is 13.0. The van der Waals surface area contributed by atoms with Gasteiger partial charge >= 0.3 is 5.97 Å². The summed E-state index contributed by atoms with van der Waals surface area (Å²) in [4.78, 5) is 19.2. The predicted octanol–water partition coefficient (Wildman–Crippen LogP) is 3.16. The Kier molecular flexibility index (Phi) is 4.91. The first-order valence-corrected chi connectivity index (χ1v) is 7.13. The number of carboxylic acids is 1. The smallest absolute Gasteiger partial charge is 0.354 e. The van der Waals surface area contributed by atoms with E-state index in [0.29, 0.717) is 30.2 Å². The van der Waals surface area contributed by atoms with E-state index in [-0.39, 0.29) is 5.69 Å². The van der Waals surface area contributed by atoms with E-state index in [4.69, 9.17) is 15.1 Å². The average molecular weight is 311 g/mol.